The first-order valence-electron chi connectivity index (χ1n) is 7.93. The van der Waals surface area contributed by atoms with E-state index in [0.29, 0.717) is 23.4 Å². The first-order chi connectivity index (χ1) is 11.9. The molecule has 25 heavy (non-hydrogen) atoms. The van der Waals surface area contributed by atoms with E-state index in [1.807, 2.05) is 6.92 Å². The summed E-state index contributed by atoms with van der Waals surface area (Å²) in [5.41, 5.74) is 6.97. The molecule has 0 spiro atoms. The topological polar surface area (TPSA) is 81.4 Å². The van der Waals surface area contributed by atoms with Crippen LogP contribution in [0.15, 0.2) is 42.5 Å². The van der Waals surface area contributed by atoms with Crippen LogP contribution in [0.5, 0.6) is 5.75 Å². The number of rotatable bonds is 7. The molecule has 0 fully saturated rings. The average molecular weight is 344 g/mol. The Labute approximate surface area is 146 Å². The lowest BCUT2D eigenvalue weighted by atomic mass is 9.99. The summed E-state index contributed by atoms with van der Waals surface area (Å²) in [6.07, 6.45) is 0.317. The smallest absolute Gasteiger partial charge is 0.255 e. The Kier molecular flexibility index (Phi) is 6.11. The minimum Gasteiger partial charge on any atom is -0.484 e. The Balaban J connectivity index is 1.99. The van der Waals surface area contributed by atoms with Crippen molar-refractivity contribution in [1.82, 2.24) is 0 Å². The predicted octanol–water partition coefficient (Wildman–Crippen LogP) is 2.82. The Morgan fingerprint density at radius 3 is 2.60 bits per heavy atom. The zero-order valence-electron chi connectivity index (χ0n) is 14.2. The molecule has 0 radical (unpaired) electrons. The van der Waals surface area contributed by atoms with Gasteiger partial charge in [-0.2, -0.15) is 0 Å². The molecule has 0 aliphatic rings. The van der Waals surface area contributed by atoms with E-state index < -0.39 is 5.91 Å². The van der Waals surface area contributed by atoms with Crippen molar-refractivity contribution in [3.63, 3.8) is 0 Å². The number of nitrogens with two attached hydrogens (primary N) is 1. The number of carbonyl (C=O) groups excluding carboxylic acids is 2. The van der Waals surface area contributed by atoms with Crippen LogP contribution in [0.2, 0.25) is 0 Å². The summed E-state index contributed by atoms with van der Waals surface area (Å²) in [7, 11) is 0. The molecule has 2 aromatic rings. The number of hydrogen-bond acceptors (Lipinski definition) is 3. The van der Waals surface area contributed by atoms with Crippen LogP contribution in [0.3, 0.4) is 0 Å². The summed E-state index contributed by atoms with van der Waals surface area (Å²) in [6.45, 7) is 3.36. The highest BCUT2D eigenvalue weighted by molar-refractivity contribution is 5.93. The fraction of sp³-hybridized carbons (Fsp3) is 0.263. The van der Waals surface area contributed by atoms with Gasteiger partial charge in [0.25, 0.3) is 5.91 Å². The van der Waals surface area contributed by atoms with Gasteiger partial charge in [0.05, 0.1) is 0 Å². The van der Waals surface area contributed by atoms with Crippen molar-refractivity contribution in [1.29, 1.82) is 0 Å². The molecule has 1 atom stereocenters. The Morgan fingerprint density at radius 2 is 1.96 bits per heavy atom. The highest BCUT2D eigenvalue weighted by Crippen LogP contribution is 2.22. The third-order valence-corrected chi connectivity index (χ3v) is 3.77. The van der Waals surface area contributed by atoms with E-state index in [1.54, 1.807) is 43.3 Å². The van der Waals surface area contributed by atoms with E-state index in [4.69, 9.17) is 10.5 Å². The normalized spacial score (nSPS) is 11.6. The van der Waals surface area contributed by atoms with Gasteiger partial charge in [-0.25, -0.2) is 4.39 Å². The molecule has 0 aliphatic carbocycles. The van der Waals surface area contributed by atoms with Gasteiger partial charge in [-0.15, -0.1) is 0 Å². The van der Waals surface area contributed by atoms with Crippen molar-refractivity contribution < 1.29 is 18.7 Å². The molecule has 3 N–H and O–H groups in total. The van der Waals surface area contributed by atoms with Gasteiger partial charge in [0.2, 0.25) is 5.91 Å². The first-order valence-corrected chi connectivity index (χ1v) is 7.93. The van der Waals surface area contributed by atoms with Crippen molar-refractivity contribution in [2.45, 2.75) is 20.3 Å². The molecule has 2 amide bonds. The van der Waals surface area contributed by atoms with Crippen molar-refractivity contribution in [3.05, 3.63) is 59.4 Å². The fourth-order valence-electron chi connectivity index (χ4n) is 2.36. The second kappa shape index (κ2) is 8.28. The van der Waals surface area contributed by atoms with E-state index >= 15 is 0 Å². The standard InChI is InChI=1S/C19H21FN2O3/c1-12-10-15(25-11-18(21)23)7-8-17(12)22-19(24)13(2)9-14-5-3-4-6-16(14)20/h3-8,10,13H,9,11H2,1-2H3,(H2,21,23)(H,22,24)/t13-/m0/s1. The van der Waals surface area contributed by atoms with E-state index in [2.05, 4.69) is 5.32 Å². The van der Waals surface area contributed by atoms with Gasteiger partial charge >= 0.3 is 0 Å². The van der Waals surface area contributed by atoms with Gasteiger partial charge in [0.15, 0.2) is 6.61 Å². The minimum absolute atomic E-state index is 0.197. The summed E-state index contributed by atoms with van der Waals surface area (Å²) in [5, 5.41) is 2.83. The molecule has 6 heteroatoms. The Bertz CT molecular complexity index is 777. The molecular formula is C19H21FN2O3. The zero-order chi connectivity index (χ0) is 18.4. The van der Waals surface area contributed by atoms with E-state index in [0.717, 1.165) is 5.56 Å². The molecule has 2 rings (SSSR count). The monoisotopic (exact) mass is 344 g/mol. The lowest BCUT2D eigenvalue weighted by Gasteiger charge is -2.15. The van der Waals surface area contributed by atoms with Crippen LogP contribution in [0.1, 0.15) is 18.1 Å². The summed E-state index contributed by atoms with van der Waals surface area (Å²) in [5.74, 6) is -0.959. The number of halogens is 1. The van der Waals surface area contributed by atoms with Gasteiger partial charge in [0.1, 0.15) is 11.6 Å². The quantitative estimate of drug-likeness (QED) is 0.810. The minimum atomic E-state index is -0.558. The van der Waals surface area contributed by atoms with Gasteiger partial charge in [0, 0.05) is 11.6 Å². The second-order valence-electron chi connectivity index (χ2n) is 5.92. The third kappa shape index (κ3) is 5.31. The average Bonchev–Trinajstić information content (AvgIpc) is 2.57. The van der Waals surface area contributed by atoms with Gasteiger partial charge in [-0.05, 0) is 48.7 Å². The molecule has 0 aromatic heterocycles. The van der Waals surface area contributed by atoms with Crippen molar-refractivity contribution in [3.8, 4) is 5.75 Å². The number of aryl methyl sites for hydroxylation is 1. The van der Waals surface area contributed by atoms with Crippen LogP contribution in [0.4, 0.5) is 10.1 Å². The highest BCUT2D eigenvalue weighted by Gasteiger charge is 2.16. The summed E-state index contributed by atoms with van der Waals surface area (Å²) in [4.78, 5) is 23.1. The fourth-order valence-corrected chi connectivity index (χ4v) is 2.36. The number of carbonyl (C=O) groups is 2. The van der Waals surface area contributed by atoms with Gasteiger partial charge < -0.3 is 15.8 Å². The van der Waals surface area contributed by atoms with Crippen LogP contribution in [-0.2, 0) is 16.0 Å². The van der Waals surface area contributed by atoms with Crippen molar-refractivity contribution in [2.75, 3.05) is 11.9 Å². The van der Waals surface area contributed by atoms with Crippen LogP contribution < -0.4 is 15.8 Å². The predicted molar refractivity (Wildman–Crippen MR) is 93.8 cm³/mol. The van der Waals surface area contributed by atoms with Gasteiger partial charge in [-0.3, -0.25) is 9.59 Å². The van der Waals surface area contributed by atoms with Crippen molar-refractivity contribution in [2.24, 2.45) is 11.7 Å². The molecule has 0 bridgehead atoms. The molecular weight excluding hydrogens is 323 g/mol. The first kappa shape index (κ1) is 18.4. The number of amides is 2. The second-order valence-corrected chi connectivity index (χ2v) is 5.92. The lowest BCUT2D eigenvalue weighted by Crippen LogP contribution is -2.23. The van der Waals surface area contributed by atoms with Crippen LogP contribution in [-0.4, -0.2) is 18.4 Å². The molecule has 0 saturated heterocycles. The number of ether oxygens (including phenoxy) is 1. The van der Waals surface area contributed by atoms with E-state index in [-0.39, 0.29) is 24.2 Å². The number of hydrogen-bond donors (Lipinski definition) is 2. The maximum absolute atomic E-state index is 13.7. The van der Waals surface area contributed by atoms with Crippen LogP contribution in [0, 0.1) is 18.7 Å². The molecule has 0 unspecified atom stereocenters. The SMILES string of the molecule is Cc1cc(OCC(N)=O)ccc1NC(=O)[C@@H](C)Cc1ccccc1F. The number of primary amides is 1. The van der Waals surface area contributed by atoms with Crippen molar-refractivity contribution >= 4 is 17.5 Å². The number of benzene rings is 2. The number of nitrogens with one attached hydrogen (secondary N) is 1. The maximum atomic E-state index is 13.7. The Hall–Kier alpha value is -2.89. The summed E-state index contributed by atoms with van der Waals surface area (Å²) >= 11 is 0. The lowest BCUT2D eigenvalue weighted by molar-refractivity contribution is -0.120. The molecule has 2 aromatic carbocycles. The number of anilines is 1. The molecule has 0 heterocycles. The van der Waals surface area contributed by atoms with Crippen LogP contribution >= 0.6 is 0 Å². The summed E-state index contributed by atoms with van der Waals surface area (Å²) < 4.78 is 18.9. The van der Waals surface area contributed by atoms with Crippen LogP contribution in [0.25, 0.3) is 0 Å². The zero-order valence-corrected chi connectivity index (χ0v) is 14.2. The van der Waals surface area contributed by atoms with E-state index in [1.165, 1.54) is 6.07 Å². The molecule has 5 nitrogen and oxygen atoms in total. The van der Waals surface area contributed by atoms with Gasteiger partial charge in [-0.1, -0.05) is 25.1 Å². The Morgan fingerprint density at radius 1 is 1.24 bits per heavy atom. The summed E-state index contributed by atoms with van der Waals surface area (Å²) in [6, 6.07) is 11.5. The van der Waals surface area contributed by atoms with E-state index in [9.17, 15) is 14.0 Å². The molecule has 0 aliphatic heterocycles. The largest absolute Gasteiger partial charge is 0.484 e. The molecule has 0 saturated carbocycles. The maximum Gasteiger partial charge on any atom is 0.255 e. The third-order valence-electron chi connectivity index (χ3n) is 3.77. The highest BCUT2D eigenvalue weighted by atomic mass is 19.1. The molecule has 132 valence electrons.